The van der Waals surface area contributed by atoms with E-state index >= 15 is 0 Å². The van der Waals surface area contributed by atoms with Gasteiger partial charge >= 0.3 is 0 Å². The van der Waals surface area contributed by atoms with Crippen LogP contribution in [0, 0.1) is 5.92 Å². The fourth-order valence-corrected chi connectivity index (χ4v) is 3.40. The van der Waals surface area contributed by atoms with E-state index in [0.717, 1.165) is 19.3 Å². The van der Waals surface area contributed by atoms with E-state index in [2.05, 4.69) is 11.4 Å². The predicted molar refractivity (Wildman–Crippen MR) is 78.3 cm³/mol. The van der Waals surface area contributed by atoms with Crippen molar-refractivity contribution in [3.05, 3.63) is 22.4 Å². The second-order valence-corrected chi connectivity index (χ2v) is 6.61. The van der Waals surface area contributed by atoms with Gasteiger partial charge in [0.25, 0.3) is 0 Å². The van der Waals surface area contributed by atoms with Gasteiger partial charge in [0.2, 0.25) is 11.8 Å². The molecule has 1 aromatic rings. The van der Waals surface area contributed by atoms with Crippen LogP contribution in [0.1, 0.15) is 31.2 Å². The van der Waals surface area contributed by atoms with Crippen molar-refractivity contribution in [2.45, 2.75) is 38.3 Å². The van der Waals surface area contributed by atoms with Crippen molar-refractivity contribution < 1.29 is 9.59 Å². The van der Waals surface area contributed by atoms with E-state index in [1.54, 1.807) is 16.2 Å². The highest BCUT2D eigenvalue weighted by molar-refractivity contribution is 7.07. The van der Waals surface area contributed by atoms with Gasteiger partial charge in [-0.15, -0.1) is 0 Å². The maximum absolute atomic E-state index is 12.7. The van der Waals surface area contributed by atoms with Gasteiger partial charge in [0.15, 0.2) is 0 Å². The maximum Gasteiger partial charge on any atom is 0.226 e. The van der Waals surface area contributed by atoms with E-state index in [9.17, 15) is 9.59 Å². The van der Waals surface area contributed by atoms with Crippen LogP contribution in [0.5, 0.6) is 0 Å². The van der Waals surface area contributed by atoms with Gasteiger partial charge in [0, 0.05) is 38.5 Å². The highest BCUT2D eigenvalue weighted by Crippen LogP contribution is 2.32. The number of carbonyl (C=O) groups is 2. The Labute approximate surface area is 123 Å². The fourth-order valence-electron chi connectivity index (χ4n) is 2.74. The molecule has 1 saturated heterocycles. The monoisotopic (exact) mass is 292 g/mol. The molecule has 1 atom stereocenters. The summed E-state index contributed by atoms with van der Waals surface area (Å²) in [4.78, 5) is 28.2. The van der Waals surface area contributed by atoms with Gasteiger partial charge in [-0.3, -0.25) is 9.59 Å². The second kappa shape index (κ2) is 5.56. The number of rotatable bonds is 4. The van der Waals surface area contributed by atoms with E-state index < -0.39 is 0 Å². The Kier molecular flexibility index (Phi) is 3.78. The fraction of sp³-hybridized carbons (Fsp3) is 0.600. The molecule has 0 N–H and O–H groups in total. The first-order chi connectivity index (χ1) is 9.65. The summed E-state index contributed by atoms with van der Waals surface area (Å²) in [7, 11) is 1.81. The molecule has 1 saturated carbocycles. The van der Waals surface area contributed by atoms with Crippen LogP contribution < -0.4 is 0 Å². The van der Waals surface area contributed by atoms with E-state index in [1.165, 1.54) is 5.56 Å². The van der Waals surface area contributed by atoms with Crippen LogP contribution in [0.3, 0.4) is 0 Å². The van der Waals surface area contributed by atoms with E-state index in [-0.39, 0.29) is 17.7 Å². The molecular formula is C15H20N2O2S. The van der Waals surface area contributed by atoms with Crippen molar-refractivity contribution in [3.63, 3.8) is 0 Å². The van der Waals surface area contributed by atoms with Gasteiger partial charge in [-0.2, -0.15) is 11.3 Å². The Morgan fingerprint density at radius 3 is 2.85 bits per heavy atom. The quantitative estimate of drug-likeness (QED) is 0.853. The summed E-state index contributed by atoms with van der Waals surface area (Å²) in [5.74, 6) is 0.166. The van der Waals surface area contributed by atoms with Gasteiger partial charge < -0.3 is 9.80 Å². The summed E-state index contributed by atoms with van der Waals surface area (Å²) >= 11 is 1.66. The predicted octanol–water partition coefficient (Wildman–Crippen LogP) is 2.11. The van der Waals surface area contributed by atoms with E-state index in [4.69, 9.17) is 0 Å². The van der Waals surface area contributed by atoms with Gasteiger partial charge in [-0.25, -0.2) is 0 Å². The SMILES string of the molecule is CN1CC[C@H](C(=O)N(Cc2ccsc2)C2CC2)CC1=O. The van der Waals surface area contributed by atoms with Crippen LogP contribution in [0.25, 0.3) is 0 Å². The van der Waals surface area contributed by atoms with Gasteiger partial charge in [0.05, 0.1) is 0 Å². The normalized spacial score (nSPS) is 22.9. The first kappa shape index (κ1) is 13.6. The summed E-state index contributed by atoms with van der Waals surface area (Å²) < 4.78 is 0. The number of hydrogen-bond acceptors (Lipinski definition) is 3. The summed E-state index contributed by atoms with van der Waals surface area (Å²) in [6, 6.07) is 2.48. The lowest BCUT2D eigenvalue weighted by atomic mass is 9.94. The number of carbonyl (C=O) groups excluding carboxylic acids is 2. The first-order valence-corrected chi connectivity index (χ1v) is 8.15. The van der Waals surface area contributed by atoms with Crippen LogP contribution in [0.4, 0.5) is 0 Å². The molecule has 5 heteroatoms. The smallest absolute Gasteiger partial charge is 0.226 e. The molecule has 1 aliphatic carbocycles. The van der Waals surface area contributed by atoms with Crippen LogP contribution in [-0.2, 0) is 16.1 Å². The van der Waals surface area contributed by atoms with Crippen LogP contribution >= 0.6 is 11.3 Å². The summed E-state index contributed by atoms with van der Waals surface area (Å²) in [6.07, 6.45) is 3.39. The van der Waals surface area contributed by atoms with Crippen molar-refractivity contribution in [1.29, 1.82) is 0 Å². The minimum Gasteiger partial charge on any atom is -0.346 e. The molecule has 20 heavy (non-hydrogen) atoms. The molecule has 3 rings (SSSR count). The standard InChI is InChI=1S/C15H20N2O2S/c1-16-6-4-12(8-14(16)18)15(19)17(13-2-3-13)9-11-5-7-20-10-11/h5,7,10,12-13H,2-4,6,8-9H2,1H3/t12-/m0/s1. The number of piperidine rings is 1. The maximum atomic E-state index is 12.7. The molecule has 2 fully saturated rings. The molecule has 2 heterocycles. The highest BCUT2D eigenvalue weighted by atomic mass is 32.1. The van der Waals surface area contributed by atoms with Gasteiger partial charge in [-0.05, 0) is 41.7 Å². The van der Waals surface area contributed by atoms with Crippen LogP contribution in [0.2, 0.25) is 0 Å². The molecule has 0 radical (unpaired) electrons. The lowest BCUT2D eigenvalue weighted by Gasteiger charge is -2.32. The highest BCUT2D eigenvalue weighted by Gasteiger charge is 2.38. The Morgan fingerprint density at radius 2 is 2.25 bits per heavy atom. The molecular weight excluding hydrogens is 272 g/mol. The van der Waals surface area contributed by atoms with Gasteiger partial charge in [0.1, 0.15) is 0 Å². The Balaban J connectivity index is 1.68. The molecule has 4 nitrogen and oxygen atoms in total. The first-order valence-electron chi connectivity index (χ1n) is 7.20. The van der Waals surface area contributed by atoms with Crippen molar-refractivity contribution in [2.24, 2.45) is 5.92 Å². The minimum atomic E-state index is -0.113. The van der Waals surface area contributed by atoms with Crippen molar-refractivity contribution in [2.75, 3.05) is 13.6 Å². The molecule has 1 aromatic heterocycles. The molecule has 2 aliphatic rings. The van der Waals surface area contributed by atoms with Crippen molar-refractivity contribution >= 4 is 23.2 Å². The van der Waals surface area contributed by atoms with Crippen LogP contribution in [-0.4, -0.2) is 41.2 Å². The number of thiophene rings is 1. The third-order valence-corrected chi connectivity index (χ3v) is 4.94. The lowest BCUT2D eigenvalue weighted by Crippen LogP contribution is -2.44. The third kappa shape index (κ3) is 2.87. The Bertz CT molecular complexity index is 496. The molecule has 2 amide bonds. The average Bonchev–Trinajstić information content (AvgIpc) is 3.15. The molecule has 0 unspecified atom stereocenters. The van der Waals surface area contributed by atoms with E-state index in [1.807, 2.05) is 17.3 Å². The summed E-state index contributed by atoms with van der Waals surface area (Å²) in [5, 5.41) is 4.15. The van der Waals surface area contributed by atoms with Gasteiger partial charge in [-0.1, -0.05) is 0 Å². The number of amides is 2. The third-order valence-electron chi connectivity index (χ3n) is 4.21. The molecule has 1 aliphatic heterocycles. The van der Waals surface area contributed by atoms with Crippen molar-refractivity contribution in [1.82, 2.24) is 9.80 Å². The van der Waals surface area contributed by atoms with Crippen molar-refractivity contribution in [3.8, 4) is 0 Å². The molecule has 0 bridgehead atoms. The van der Waals surface area contributed by atoms with E-state index in [0.29, 0.717) is 25.6 Å². The topological polar surface area (TPSA) is 40.6 Å². The zero-order valence-corrected chi connectivity index (χ0v) is 12.6. The Morgan fingerprint density at radius 1 is 1.45 bits per heavy atom. The Hall–Kier alpha value is -1.36. The number of likely N-dealkylation sites (tertiary alicyclic amines) is 1. The minimum absolute atomic E-state index is 0.0980. The molecule has 108 valence electrons. The number of hydrogen-bond donors (Lipinski definition) is 0. The largest absolute Gasteiger partial charge is 0.346 e. The second-order valence-electron chi connectivity index (χ2n) is 5.83. The summed E-state index contributed by atoms with van der Waals surface area (Å²) in [6.45, 7) is 1.40. The average molecular weight is 292 g/mol. The molecule has 0 aromatic carbocycles. The lowest BCUT2D eigenvalue weighted by molar-refractivity contribution is -0.145. The zero-order valence-electron chi connectivity index (χ0n) is 11.7. The number of nitrogens with zero attached hydrogens (tertiary/aromatic N) is 2. The zero-order chi connectivity index (χ0) is 14.1. The van der Waals surface area contributed by atoms with Crippen LogP contribution in [0.15, 0.2) is 16.8 Å². The molecule has 0 spiro atoms. The summed E-state index contributed by atoms with van der Waals surface area (Å²) in [5.41, 5.74) is 1.20.